The van der Waals surface area contributed by atoms with Crippen LogP contribution in [0.25, 0.3) is 0 Å². The van der Waals surface area contributed by atoms with Crippen LogP contribution in [0.1, 0.15) is 16.0 Å². The van der Waals surface area contributed by atoms with E-state index in [9.17, 15) is 17.9 Å². The Morgan fingerprint density at radius 3 is 2.57 bits per heavy atom. The third-order valence-electron chi connectivity index (χ3n) is 3.02. The zero-order chi connectivity index (χ0) is 15.5. The fourth-order valence-electron chi connectivity index (χ4n) is 2.01. The third kappa shape index (κ3) is 3.88. The molecule has 1 aromatic carbocycles. The van der Waals surface area contributed by atoms with E-state index in [-0.39, 0.29) is 23.9 Å². The lowest BCUT2D eigenvalue weighted by Gasteiger charge is -2.08. The van der Waals surface area contributed by atoms with Gasteiger partial charge in [-0.1, -0.05) is 12.1 Å². The van der Waals surface area contributed by atoms with Crippen LogP contribution in [0.15, 0.2) is 34.5 Å². The van der Waals surface area contributed by atoms with Gasteiger partial charge in [-0.3, -0.25) is 0 Å². The van der Waals surface area contributed by atoms with Gasteiger partial charge in [0.15, 0.2) is 0 Å². The molecular weight excluding hydrogens is 313 g/mol. The molecule has 0 saturated carbocycles. The molecule has 0 spiro atoms. The predicted octanol–water partition coefficient (Wildman–Crippen LogP) is 2.21. The standard InChI is InChI=1S/C14H16FNO3S2/c1-10-9-20-13(8-17)14(10)21(18,19)16-7-6-11-2-4-12(15)5-3-11/h2-5,9,16-17H,6-8H2,1H3. The first-order valence-electron chi connectivity index (χ1n) is 6.36. The Balaban J connectivity index is 2.04. The van der Waals surface area contributed by atoms with Crippen molar-refractivity contribution < 1.29 is 17.9 Å². The second-order valence-corrected chi connectivity index (χ2v) is 7.27. The molecule has 0 aliphatic carbocycles. The summed E-state index contributed by atoms with van der Waals surface area (Å²) in [5.74, 6) is -0.319. The second-order valence-electron chi connectivity index (χ2n) is 4.60. The lowest BCUT2D eigenvalue weighted by Crippen LogP contribution is -2.27. The number of sulfonamides is 1. The third-order valence-corrected chi connectivity index (χ3v) is 5.93. The molecule has 21 heavy (non-hydrogen) atoms. The number of rotatable bonds is 6. The largest absolute Gasteiger partial charge is 0.391 e. The first kappa shape index (κ1) is 16.1. The van der Waals surface area contributed by atoms with Crippen molar-refractivity contribution in [2.24, 2.45) is 0 Å². The van der Waals surface area contributed by atoms with E-state index in [1.807, 2.05) is 0 Å². The number of aliphatic hydroxyl groups is 1. The predicted molar refractivity (Wildman–Crippen MR) is 80.3 cm³/mol. The number of thiophene rings is 1. The van der Waals surface area contributed by atoms with Crippen molar-refractivity contribution in [3.63, 3.8) is 0 Å². The van der Waals surface area contributed by atoms with Crippen LogP contribution in [0.4, 0.5) is 4.39 Å². The van der Waals surface area contributed by atoms with E-state index >= 15 is 0 Å². The lowest BCUT2D eigenvalue weighted by atomic mass is 10.1. The fraction of sp³-hybridized carbons (Fsp3) is 0.286. The van der Waals surface area contributed by atoms with E-state index in [0.717, 1.165) is 5.56 Å². The molecule has 0 aliphatic heterocycles. The molecule has 7 heteroatoms. The summed E-state index contributed by atoms with van der Waals surface area (Å²) in [4.78, 5) is 0.593. The molecule has 0 bridgehead atoms. The van der Waals surface area contributed by atoms with E-state index in [1.165, 1.54) is 23.5 Å². The normalized spacial score (nSPS) is 11.8. The van der Waals surface area contributed by atoms with Crippen LogP contribution in [0.5, 0.6) is 0 Å². The van der Waals surface area contributed by atoms with Gasteiger partial charge in [-0.05, 0) is 42.0 Å². The van der Waals surface area contributed by atoms with E-state index in [1.54, 1.807) is 24.4 Å². The highest BCUT2D eigenvalue weighted by atomic mass is 32.2. The molecule has 1 heterocycles. The van der Waals surface area contributed by atoms with Crippen molar-refractivity contribution in [1.82, 2.24) is 4.72 Å². The maximum absolute atomic E-state index is 12.8. The second kappa shape index (κ2) is 6.65. The SMILES string of the molecule is Cc1csc(CO)c1S(=O)(=O)NCCc1ccc(F)cc1. The zero-order valence-corrected chi connectivity index (χ0v) is 13.1. The Hall–Kier alpha value is -1.28. The Morgan fingerprint density at radius 1 is 1.29 bits per heavy atom. The summed E-state index contributed by atoms with van der Waals surface area (Å²) in [7, 11) is -3.64. The van der Waals surface area contributed by atoms with E-state index in [0.29, 0.717) is 16.9 Å². The summed E-state index contributed by atoms with van der Waals surface area (Å²) < 4.78 is 39.8. The number of hydrogen-bond donors (Lipinski definition) is 2. The van der Waals surface area contributed by atoms with E-state index < -0.39 is 10.0 Å². The Kier molecular flexibility index (Phi) is 5.10. The van der Waals surface area contributed by atoms with Gasteiger partial charge in [0, 0.05) is 6.54 Å². The minimum Gasteiger partial charge on any atom is -0.391 e. The molecule has 0 amide bonds. The average Bonchev–Trinajstić information content (AvgIpc) is 2.83. The molecule has 1 aromatic heterocycles. The molecule has 0 atom stereocenters. The van der Waals surface area contributed by atoms with Crippen molar-refractivity contribution in [1.29, 1.82) is 0 Å². The molecule has 2 rings (SSSR count). The molecule has 2 N–H and O–H groups in total. The fourth-order valence-corrected chi connectivity index (χ4v) is 4.70. The topological polar surface area (TPSA) is 66.4 Å². The van der Waals surface area contributed by atoms with Crippen LogP contribution >= 0.6 is 11.3 Å². The lowest BCUT2D eigenvalue weighted by molar-refractivity contribution is 0.282. The Labute approximate surface area is 127 Å². The van der Waals surface area contributed by atoms with Crippen LogP contribution < -0.4 is 4.72 Å². The van der Waals surface area contributed by atoms with Crippen LogP contribution in [0.2, 0.25) is 0 Å². The average molecular weight is 329 g/mol. The highest BCUT2D eigenvalue weighted by molar-refractivity contribution is 7.89. The van der Waals surface area contributed by atoms with Crippen molar-refractivity contribution in [3.05, 3.63) is 51.5 Å². The summed E-state index contributed by atoms with van der Waals surface area (Å²) in [6.45, 7) is 1.62. The maximum atomic E-state index is 12.8. The number of benzene rings is 1. The van der Waals surface area contributed by atoms with Gasteiger partial charge in [-0.2, -0.15) is 0 Å². The van der Waals surface area contributed by atoms with Crippen molar-refractivity contribution in [3.8, 4) is 0 Å². The van der Waals surface area contributed by atoms with Gasteiger partial charge in [-0.25, -0.2) is 17.5 Å². The number of hydrogen-bond acceptors (Lipinski definition) is 4. The van der Waals surface area contributed by atoms with Gasteiger partial charge >= 0.3 is 0 Å². The monoisotopic (exact) mass is 329 g/mol. The van der Waals surface area contributed by atoms with Crippen molar-refractivity contribution >= 4 is 21.4 Å². The minimum atomic E-state index is -3.64. The minimum absolute atomic E-state index is 0.161. The van der Waals surface area contributed by atoms with Crippen molar-refractivity contribution in [2.75, 3.05) is 6.54 Å². The van der Waals surface area contributed by atoms with E-state index in [4.69, 9.17) is 0 Å². The quantitative estimate of drug-likeness (QED) is 0.854. The Morgan fingerprint density at radius 2 is 1.95 bits per heavy atom. The molecule has 2 aromatic rings. The van der Waals surface area contributed by atoms with Crippen LogP contribution in [0.3, 0.4) is 0 Å². The molecule has 0 aliphatic rings. The Bertz CT molecular complexity index is 708. The van der Waals surface area contributed by atoms with Crippen LogP contribution in [-0.4, -0.2) is 20.1 Å². The van der Waals surface area contributed by atoms with Gasteiger partial charge in [0.05, 0.1) is 11.5 Å². The molecule has 0 radical (unpaired) electrons. The summed E-state index contributed by atoms with van der Waals surface area (Å²) in [5, 5.41) is 10.9. The molecule has 0 fully saturated rings. The van der Waals surface area contributed by atoms with Gasteiger partial charge in [-0.15, -0.1) is 11.3 Å². The van der Waals surface area contributed by atoms with Gasteiger partial charge in [0.2, 0.25) is 10.0 Å². The molecule has 114 valence electrons. The molecule has 0 unspecified atom stereocenters. The van der Waals surface area contributed by atoms with Gasteiger partial charge in [0.25, 0.3) is 0 Å². The first-order valence-corrected chi connectivity index (χ1v) is 8.72. The van der Waals surface area contributed by atoms with Gasteiger partial charge < -0.3 is 5.11 Å². The zero-order valence-electron chi connectivity index (χ0n) is 11.5. The van der Waals surface area contributed by atoms with Crippen molar-refractivity contribution in [2.45, 2.75) is 24.8 Å². The van der Waals surface area contributed by atoms with Gasteiger partial charge in [0.1, 0.15) is 10.7 Å². The first-order chi connectivity index (χ1) is 9.94. The molecular formula is C14H16FNO3S2. The smallest absolute Gasteiger partial charge is 0.242 e. The number of aliphatic hydroxyl groups excluding tert-OH is 1. The van der Waals surface area contributed by atoms with Crippen LogP contribution in [-0.2, 0) is 23.1 Å². The highest BCUT2D eigenvalue weighted by Crippen LogP contribution is 2.26. The molecule has 0 saturated heterocycles. The molecule has 4 nitrogen and oxygen atoms in total. The highest BCUT2D eigenvalue weighted by Gasteiger charge is 2.22. The van der Waals surface area contributed by atoms with E-state index in [2.05, 4.69) is 4.72 Å². The maximum Gasteiger partial charge on any atom is 0.242 e. The number of halogens is 1. The summed E-state index contributed by atoms with van der Waals surface area (Å²) in [6, 6.07) is 5.94. The number of nitrogens with one attached hydrogen (secondary N) is 1. The summed E-state index contributed by atoms with van der Waals surface area (Å²) in [6.07, 6.45) is 0.469. The van der Waals surface area contributed by atoms with Crippen LogP contribution in [0, 0.1) is 12.7 Å². The summed E-state index contributed by atoms with van der Waals surface area (Å²) in [5.41, 5.74) is 1.47. The summed E-state index contributed by atoms with van der Waals surface area (Å²) >= 11 is 1.22. The number of aryl methyl sites for hydroxylation is 1.